The lowest BCUT2D eigenvalue weighted by Gasteiger charge is -2.23. The van der Waals surface area contributed by atoms with Crippen LogP contribution in [0.5, 0.6) is 17.2 Å². The number of rotatable bonds is 3. The Morgan fingerprint density at radius 1 is 1.14 bits per heavy atom. The lowest BCUT2D eigenvalue weighted by atomic mass is 9.86. The van der Waals surface area contributed by atoms with Crippen molar-refractivity contribution in [1.82, 2.24) is 4.98 Å². The fraction of sp³-hybridized carbons (Fsp3) is 0.294. The van der Waals surface area contributed by atoms with Crippen molar-refractivity contribution in [2.45, 2.75) is 26.2 Å². The minimum atomic E-state index is -0.112. The number of methoxy groups -OCH3 is 1. The zero-order chi connectivity index (χ0) is 15.5. The number of aromatic nitrogens is 1. The average Bonchev–Trinajstić information content (AvgIpc) is 2.47. The van der Waals surface area contributed by atoms with Crippen molar-refractivity contribution in [1.29, 1.82) is 5.26 Å². The summed E-state index contributed by atoms with van der Waals surface area (Å²) in [4.78, 5) is 4.01. The maximum absolute atomic E-state index is 9.13. The predicted molar refractivity (Wildman–Crippen MR) is 80.7 cm³/mol. The van der Waals surface area contributed by atoms with Gasteiger partial charge in [0, 0.05) is 11.8 Å². The molecule has 0 unspecified atom stereocenters. The Hall–Kier alpha value is -2.54. The summed E-state index contributed by atoms with van der Waals surface area (Å²) in [5.74, 6) is 1.93. The van der Waals surface area contributed by atoms with Crippen molar-refractivity contribution in [3.8, 4) is 23.3 Å². The molecule has 21 heavy (non-hydrogen) atoms. The summed E-state index contributed by atoms with van der Waals surface area (Å²) in [6, 6.07) is 9.39. The molecule has 0 saturated heterocycles. The van der Waals surface area contributed by atoms with Crippen LogP contribution >= 0.6 is 0 Å². The van der Waals surface area contributed by atoms with Crippen molar-refractivity contribution in [3.63, 3.8) is 0 Å². The van der Waals surface area contributed by atoms with Gasteiger partial charge in [-0.25, -0.2) is 0 Å². The van der Waals surface area contributed by atoms with Crippen LogP contribution in [0.2, 0.25) is 0 Å². The van der Waals surface area contributed by atoms with Gasteiger partial charge in [0.25, 0.3) is 0 Å². The lowest BCUT2D eigenvalue weighted by molar-refractivity contribution is 0.407. The van der Waals surface area contributed by atoms with Crippen LogP contribution in [-0.4, -0.2) is 12.1 Å². The number of pyridine rings is 1. The Balaban J connectivity index is 2.47. The topological polar surface area (TPSA) is 55.1 Å². The minimum absolute atomic E-state index is 0.112. The smallest absolute Gasteiger partial charge is 0.163 e. The van der Waals surface area contributed by atoms with Crippen LogP contribution in [0, 0.1) is 11.3 Å². The van der Waals surface area contributed by atoms with E-state index in [9.17, 15) is 0 Å². The first-order valence-electron chi connectivity index (χ1n) is 6.66. The van der Waals surface area contributed by atoms with Crippen LogP contribution in [0.3, 0.4) is 0 Å². The maximum atomic E-state index is 9.13. The van der Waals surface area contributed by atoms with Gasteiger partial charge in [-0.3, -0.25) is 4.98 Å². The first kappa shape index (κ1) is 14.9. The number of nitriles is 1. The van der Waals surface area contributed by atoms with Crippen LogP contribution < -0.4 is 9.47 Å². The zero-order valence-corrected chi connectivity index (χ0v) is 12.7. The maximum Gasteiger partial charge on any atom is 0.163 e. The molecule has 2 rings (SSSR count). The van der Waals surface area contributed by atoms with Crippen LogP contribution in [0.15, 0.2) is 36.7 Å². The Labute approximate surface area is 125 Å². The van der Waals surface area contributed by atoms with E-state index in [4.69, 9.17) is 14.7 Å². The van der Waals surface area contributed by atoms with Gasteiger partial charge in [-0.1, -0.05) is 20.8 Å². The van der Waals surface area contributed by atoms with E-state index in [2.05, 4.69) is 31.8 Å². The fourth-order valence-electron chi connectivity index (χ4n) is 1.98. The average molecular weight is 282 g/mol. The molecule has 0 saturated carbocycles. The Morgan fingerprint density at radius 2 is 1.90 bits per heavy atom. The number of ether oxygens (including phenoxy) is 2. The predicted octanol–water partition coefficient (Wildman–Crippen LogP) is 4.05. The first-order chi connectivity index (χ1) is 9.95. The van der Waals surface area contributed by atoms with Gasteiger partial charge in [-0.15, -0.1) is 0 Å². The number of hydrogen-bond donors (Lipinski definition) is 0. The molecule has 1 aromatic carbocycles. The highest BCUT2D eigenvalue weighted by molar-refractivity contribution is 5.49. The van der Waals surface area contributed by atoms with Gasteiger partial charge >= 0.3 is 0 Å². The molecule has 0 atom stereocenters. The third-order valence-electron chi connectivity index (χ3n) is 3.12. The van der Waals surface area contributed by atoms with E-state index in [1.165, 1.54) is 0 Å². The molecule has 108 valence electrons. The quantitative estimate of drug-likeness (QED) is 0.852. The number of nitrogens with zero attached hydrogens (tertiary/aromatic N) is 2. The summed E-state index contributed by atoms with van der Waals surface area (Å²) >= 11 is 0. The SMILES string of the molecule is COc1ccc(Oc2cnccc2C#N)c(C(C)(C)C)c1. The summed E-state index contributed by atoms with van der Waals surface area (Å²) < 4.78 is 11.2. The third kappa shape index (κ3) is 3.32. The molecule has 4 nitrogen and oxygen atoms in total. The van der Waals surface area contributed by atoms with Crippen LogP contribution in [-0.2, 0) is 5.41 Å². The molecule has 0 spiro atoms. The van der Waals surface area contributed by atoms with Crippen LogP contribution in [0.1, 0.15) is 31.9 Å². The molecule has 2 aromatic rings. The monoisotopic (exact) mass is 282 g/mol. The van der Waals surface area contributed by atoms with E-state index in [1.807, 2.05) is 18.2 Å². The van der Waals surface area contributed by atoms with Crippen molar-refractivity contribution in [2.24, 2.45) is 0 Å². The van der Waals surface area contributed by atoms with Gasteiger partial charge in [0.1, 0.15) is 17.6 Å². The van der Waals surface area contributed by atoms with Crippen molar-refractivity contribution in [2.75, 3.05) is 7.11 Å². The second-order valence-electron chi connectivity index (χ2n) is 5.70. The molecule has 0 aliphatic heterocycles. The molecule has 4 heteroatoms. The van der Waals surface area contributed by atoms with Gasteiger partial charge < -0.3 is 9.47 Å². The van der Waals surface area contributed by atoms with E-state index in [0.717, 1.165) is 11.3 Å². The summed E-state index contributed by atoms with van der Waals surface area (Å²) in [6.45, 7) is 6.30. The molecule has 0 radical (unpaired) electrons. The number of benzene rings is 1. The van der Waals surface area contributed by atoms with Gasteiger partial charge in [0.05, 0.1) is 18.9 Å². The summed E-state index contributed by atoms with van der Waals surface area (Å²) in [5, 5.41) is 9.13. The molecule has 0 bridgehead atoms. The second kappa shape index (κ2) is 5.84. The van der Waals surface area contributed by atoms with Gasteiger partial charge in [-0.05, 0) is 29.7 Å². The van der Waals surface area contributed by atoms with Crippen molar-refractivity contribution < 1.29 is 9.47 Å². The summed E-state index contributed by atoms with van der Waals surface area (Å²) in [6.07, 6.45) is 3.12. The Kier molecular flexibility index (Phi) is 4.13. The molecule has 0 aliphatic carbocycles. The minimum Gasteiger partial charge on any atom is -0.497 e. The van der Waals surface area contributed by atoms with E-state index in [-0.39, 0.29) is 5.41 Å². The first-order valence-corrected chi connectivity index (χ1v) is 6.66. The van der Waals surface area contributed by atoms with Crippen molar-refractivity contribution >= 4 is 0 Å². The van der Waals surface area contributed by atoms with E-state index in [1.54, 1.807) is 25.6 Å². The summed E-state index contributed by atoms with van der Waals surface area (Å²) in [5.41, 5.74) is 1.36. The Bertz CT molecular complexity index is 682. The Morgan fingerprint density at radius 3 is 2.52 bits per heavy atom. The van der Waals surface area contributed by atoms with Crippen LogP contribution in [0.25, 0.3) is 0 Å². The highest BCUT2D eigenvalue weighted by atomic mass is 16.5. The standard InChI is InChI=1S/C17H18N2O2/c1-17(2,3)14-9-13(20-4)5-6-15(14)21-16-11-19-8-7-12(16)10-18/h5-9,11H,1-4H3. The molecule has 0 fully saturated rings. The molecular formula is C17H18N2O2. The normalized spacial score (nSPS) is 10.8. The second-order valence-corrected chi connectivity index (χ2v) is 5.70. The van der Waals surface area contributed by atoms with Gasteiger partial charge in [0.15, 0.2) is 5.75 Å². The molecule has 1 aromatic heterocycles. The van der Waals surface area contributed by atoms with Gasteiger partial charge in [-0.2, -0.15) is 5.26 Å². The van der Waals surface area contributed by atoms with Gasteiger partial charge in [0.2, 0.25) is 0 Å². The zero-order valence-electron chi connectivity index (χ0n) is 12.7. The van der Waals surface area contributed by atoms with E-state index in [0.29, 0.717) is 17.1 Å². The molecule has 1 heterocycles. The molecular weight excluding hydrogens is 264 g/mol. The molecule has 0 aliphatic rings. The van der Waals surface area contributed by atoms with Crippen molar-refractivity contribution in [3.05, 3.63) is 47.8 Å². The molecule has 0 N–H and O–H groups in total. The third-order valence-corrected chi connectivity index (χ3v) is 3.12. The highest BCUT2D eigenvalue weighted by Crippen LogP contribution is 2.37. The fourth-order valence-corrected chi connectivity index (χ4v) is 1.98. The highest BCUT2D eigenvalue weighted by Gasteiger charge is 2.21. The largest absolute Gasteiger partial charge is 0.497 e. The van der Waals surface area contributed by atoms with E-state index >= 15 is 0 Å². The lowest BCUT2D eigenvalue weighted by Crippen LogP contribution is -2.13. The van der Waals surface area contributed by atoms with E-state index < -0.39 is 0 Å². The van der Waals surface area contributed by atoms with Crippen LogP contribution in [0.4, 0.5) is 0 Å². The summed E-state index contributed by atoms with van der Waals surface area (Å²) in [7, 11) is 1.64. The molecule has 0 amide bonds. The number of hydrogen-bond acceptors (Lipinski definition) is 4.